The molecule has 1 aromatic heterocycles. The fraction of sp³-hybridized carbons (Fsp3) is 0.0612. The largest absolute Gasteiger partial charge is 0.456 e. The molecule has 0 atom stereocenters. The first-order chi connectivity index (χ1) is 25.1. The molecule has 0 aliphatic rings. The Bertz CT molecular complexity index is 2720. The molecule has 0 fully saturated rings. The van der Waals surface area contributed by atoms with Gasteiger partial charge in [0.1, 0.15) is 11.2 Å². The van der Waals surface area contributed by atoms with Crippen molar-refractivity contribution in [3.05, 3.63) is 193 Å². The summed E-state index contributed by atoms with van der Waals surface area (Å²) >= 11 is 0. The SMILES string of the molecule is C=C(N)c1ccccc1.CC/C(=C\Cc1cccc2c3ccccc3c3ccc(-c4ccc5c(c4)oc4ccccc45)cc3c12)c1ccccc1. The Morgan fingerprint density at radius 3 is 1.76 bits per heavy atom. The Morgan fingerprint density at radius 2 is 1.08 bits per heavy atom. The first-order valence-corrected chi connectivity index (χ1v) is 17.6. The average molecular weight is 658 g/mol. The zero-order chi connectivity index (χ0) is 34.7. The number of benzene rings is 8. The third-order valence-corrected chi connectivity index (χ3v) is 9.90. The third-order valence-electron chi connectivity index (χ3n) is 9.90. The van der Waals surface area contributed by atoms with Gasteiger partial charge in [-0.3, -0.25) is 0 Å². The number of fused-ring (bicyclic) bond motifs is 9. The van der Waals surface area contributed by atoms with Crippen molar-refractivity contribution in [3.8, 4) is 11.1 Å². The van der Waals surface area contributed by atoms with E-state index in [4.69, 9.17) is 10.2 Å². The summed E-state index contributed by atoms with van der Waals surface area (Å²) in [4.78, 5) is 0. The normalized spacial score (nSPS) is 11.7. The smallest absolute Gasteiger partial charge is 0.136 e. The molecule has 51 heavy (non-hydrogen) atoms. The van der Waals surface area contributed by atoms with Crippen LogP contribution in [-0.4, -0.2) is 0 Å². The van der Waals surface area contributed by atoms with E-state index in [9.17, 15) is 0 Å². The van der Waals surface area contributed by atoms with E-state index < -0.39 is 0 Å². The van der Waals surface area contributed by atoms with Crippen LogP contribution in [0.15, 0.2) is 181 Å². The Labute approximate surface area is 298 Å². The predicted octanol–water partition coefficient (Wildman–Crippen LogP) is 13.4. The summed E-state index contributed by atoms with van der Waals surface area (Å²) in [5.74, 6) is 0. The number of para-hydroxylation sites is 1. The van der Waals surface area contributed by atoms with Crippen molar-refractivity contribution in [2.45, 2.75) is 19.8 Å². The first kappa shape index (κ1) is 31.9. The van der Waals surface area contributed by atoms with E-state index in [1.54, 1.807) is 0 Å². The van der Waals surface area contributed by atoms with Gasteiger partial charge in [-0.2, -0.15) is 0 Å². The van der Waals surface area contributed by atoms with E-state index in [0.717, 1.165) is 40.3 Å². The van der Waals surface area contributed by atoms with Crippen LogP contribution in [0.3, 0.4) is 0 Å². The number of nitrogens with two attached hydrogens (primary N) is 1. The quantitative estimate of drug-likeness (QED) is 0.181. The van der Waals surface area contributed by atoms with Crippen molar-refractivity contribution in [1.82, 2.24) is 0 Å². The fourth-order valence-corrected chi connectivity index (χ4v) is 7.34. The highest BCUT2D eigenvalue weighted by Gasteiger charge is 2.14. The summed E-state index contributed by atoms with van der Waals surface area (Å²) in [5.41, 5.74) is 15.3. The van der Waals surface area contributed by atoms with Crippen LogP contribution < -0.4 is 5.73 Å². The lowest BCUT2D eigenvalue weighted by atomic mass is 9.88. The summed E-state index contributed by atoms with van der Waals surface area (Å²) in [6, 6.07) is 57.9. The molecule has 0 aliphatic heterocycles. The molecule has 0 radical (unpaired) electrons. The van der Waals surface area contributed by atoms with Crippen LogP contribution in [-0.2, 0) is 6.42 Å². The van der Waals surface area contributed by atoms with Crippen molar-refractivity contribution in [3.63, 3.8) is 0 Å². The van der Waals surface area contributed by atoms with E-state index in [-0.39, 0.29) is 0 Å². The molecule has 1 heterocycles. The zero-order valence-corrected chi connectivity index (χ0v) is 28.8. The summed E-state index contributed by atoms with van der Waals surface area (Å²) < 4.78 is 6.24. The van der Waals surface area contributed by atoms with Crippen LogP contribution in [0.1, 0.15) is 30.0 Å². The topological polar surface area (TPSA) is 39.2 Å². The fourth-order valence-electron chi connectivity index (χ4n) is 7.34. The van der Waals surface area contributed by atoms with Crippen molar-refractivity contribution >= 4 is 65.5 Å². The van der Waals surface area contributed by atoms with E-state index >= 15 is 0 Å². The van der Waals surface area contributed by atoms with Crippen LogP contribution in [0.5, 0.6) is 0 Å². The van der Waals surface area contributed by atoms with Gasteiger partial charge in [-0.1, -0.05) is 159 Å². The molecule has 9 rings (SSSR count). The Balaban J connectivity index is 0.000000365. The molecule has 0 saturated carbocycles. The van der Waals surface area contributed by atoms with Crippen LogP contribution >= 0.6 is 0 Å². The van der Waals surface area contributed by atoms with E-state index in [0.29, 0.717) is 5.70 Å². The molecule has 8 aromatic carbocycles. The summed E-state index contributed by atoms with van der Waals surface area (Å²) in [6.07, 6.45) is 4.31. The van der Waals surface area contributed by atoms with Crippen molar-refractivity contribution in [1.29, 1.82) is 0 Å². The highest BCUT2D eigenvalue weighted by Crippen LogP contribution is 2.40. The maximum absolute atomic E-state index is 6.24. The van der Waals surface area contributed by atoms with Gasteiger partial charge >= 0.3 is 0 Å². The molecule has 0 bridgehead atoms. The lowest BCUT2D eigenvalue weighted by molar-refractivity contribution is 0.669. The summed E-state index contributed by atoms with van der Waals surface area (Å²) in [7, 11) is 0. The second-order valence-corrected chi connectivity index (χ2v) is 13.0. The van der Waals surface area contributed by atoms with Crippen LogP contribution in [0.2, 0.25) is 0 Å². The molecule has 2 heteroatoms. The van der Waals surface area contributed by atoms with Crippen molar-refractivity contribution < 1.29 is 4.42 Å². The molecule has 2 nitrogen and oxygen atoms in total. The van der Waals surface area contributed by atoms with Gasteiger partial charge in [0.25, 0.3) is 0 Å². The Morgan fingerprint density at radius 1 is 0.529 bits per heavy atom. The van der Waals surface area contributed by atoms with Gasteiger partial charge < -0.3 is 10.2 Å². The number of hydrogen-bond donors (Lipinski definition) is 1. The second-order valence-electron chi connectivity index (χ2n) is 13.0. The molecule has 246 valence electrons. The summed E-state index contributed by atoms with van der Waals surface area (Å²) in [5, 5.41) is 10.2. The van der Waals surface area contributed by atoms with Gasteiger partial charge in [-0.25, -0.2) is 0 Å². The lowest BCUT2D eigenvalue weighted by Crippen LogP contribution is -1.91. The maximum Gasteiger partial charge on any atom is 0.136 e. The number of rotatable bonds is 6. The van der Waals surface area contributed by atoms with Crippen LogP contribution in [0.25, 0.3) is 76.7 Å². The summed E-state index contributed by atoms with van der Waals surface area (Å²) in [6.45, 7) is 5.85. The van der Waals surface area contributed by atoms with Gasteiger partial charge in [0.05, 0.1) is 0 Å². The minimum atomic E-state index is 0.621. The molecular weight excluding hydrogens is 619 g/mol. The molecule has 0 saturated heterocycles. The van der Waals surface area contributed by atoms with E-state index in [2.05, 4.69) is 141 Å². The highest BCUT2D eigenvalue weighted by atomic mass is 16.3. The maximum atomic E-state index is 6.24. The monoisotopic (exact) mass is 657 g/mol. The first-order valence-electron chi connectivity index (χ1n) is 17.6. The van der Waals surface area contributed by atoms with Crippen LogP contribution in [0.4, 0.5) is 0 Å². The number of hydrogen-bond acceptors (Lipinski definition) is 2. The van der Waals surface area contributed by atoms with E-state index in [1.807, 2.05) is 42.5 Å². The predicted molar refractivity (Wildman–Crippen MR) is 220 cm³/mol. The minimum Gasteiger partial charge on any atom is -0.456 e. The average Bonchev–Trinajstić information content (AvgIpc) is 3.57. The van der Waals surface area contributed by atoms with E-state index in [1.165, 1.54) is 60.1 Å². The molecule has 0 spiro atoms. The van der Waals surface area contributed by atoms with Crippen LogP contribution in [0, 0.1) is 0 Å². The van der Waals surface area contributed by atoms with Gasteiger partial charge in [-0.15, -0.1) is 0 Å². The van der Waals surface area contributed by atoms with Gasteiger partial charge in [0.2, 0.25) is 0 Å². The number of allylic oxidation sites excluding steroid dienone is 2. The molecular formula is C49H39NO. The molecule has 0 aliphatic carbocycles. The second kappa shape index (κ2) is 13.9. The standard InChI is InChI=1S/C41H30O.C8H9N/c1-2-27(28-11-4-3-5-12-28)19-20-29-13-10-17-37-33-15-7-6-14-32(33)34-23-21-30(25-38(34)41(29)37)31-22-24-36-35-16-8-9-18-39(35)42-40(36)26-31;1-7(9)8-5-3-2-4-6-8/h3-19,21-26H,2,20H2,1H3;2-6H,1,9H2/b27-19+;. The third kappa shape index (κ3) is 6.17. The number of furan rings is 1. The molecule has 2 N–H and O–H groups in total. The van der Waals surface area contributed by atoms with Crippen molar-refractivity contribution in [2.75, 3.05) is 0 Å². The molecule has 0 amide bonds. The highest BCUT2D eigenvalue weighted by molar-refractivity contribution is 6.26. The van der Waals surface area contributed by atoms with Gasteiger partial charge in [0, 0.05) is 16.5 Å². The Kier molecular flexibility index (Phi) is 8.66. The zero-order valence-electron chi connectivity index (χ0n) is 28.8. The lowest BCUT2D eigenvalue weighted by Gasteiger charge is -2.15. The van der Waals surface area contributed by atoms with Crippen molar-refractivity contribution in [2.24, 2.45) is 5.73 Å². The Hall–Kier alpha value is -6.38. The van der Waals surface area contributed by atoms with Gasteiger partial charge in [0.15, 0.2) is 0 Å². The molecule has 9 aromatic rings. The molecule has 0 unspecified atom stereocenters. The van der Waals surface area contributed by atoms with Gasteiger partial charge in [-0.05, 0) is 103 Å². The minimum absolute atomic E-state index is 0.621.